The van der Waals surface area contributed by atoms with Crippen LogP contribution in [0.2, 0.25) is 0 Å². The van der Waals surface area contributed by atoms with Crippen molar-refractivity contribution in [2.24, 2.45) is 0 Å². The summed E-state index contributed by atoms with van der Waals surface area (Å²) in [6.45, 7) is 3.27. The summed E-state index contributed by atoms with van der Waals surface area (Å²) in [6, 6.07) is 15.3. The molecule has 0 amide bonds. The summed E-state index contributed by atoms with van der Waals surface area (Å²) in [6.07, 6.45) is 1.24. The third-order valence-electron chi connectivity index (χ3n) is 6.42. The highest BCUT2D eigenvalue weighted by Gasteiger charge is 2.51. The summed E-state index contributed by atoms with van der Waals surface area (Å²) in [4.78, 5) is 37.7. The molecule has 0 saturated heterocycles. The fourth-order valence-corrected chi connectivity index (χ4v) is 4.77. The molecular formula is C25H26N2O6. The molecule has 1 aliphatic heterocycles. The lowest BCUT2D eigenvalue weighted by Gasteiger charge is -2.44. The van der Waals surface area contributed by atoms with Crippen molar-refractivity contribution in [3.8, 4) is 0 Å². The molecule has 2 aromatic rings. The summed E-state index contributed by atoms with van der Waals surface area (Å²) in [5.74, 6) is -2.51. The lowest BCUT2D eigenvalue weighted by Crippen LogP contribution is -2.45. The molecule has 1 heterocycles. The molecule has 0 spiro atoms. The van der Waals surface area contributed by atoms with E-state index in [1.807, 2.05) is 30.3 Å². The Balaban J connectivity index is 2.28. The standard InChI is InChI=1S/C25H26N2O6/c1-16-21(23(28)29)25(22(24(30)31)17(2)26(16)3,14-8-11-18-9-5-4-6-10-18)19-12-7-13-20(15-19)27(32)33/h4-7,9-10,12-13,15H,8,11,14H2,1-3H3,(H,28,29)(H,30,31). The number of nitrogens with zero attached hydrogens (tertiary/aromatic N) is 2. The third-order valence-corrected chi connectivity index (χ3v) is 6.42. The van der Waals surface area contributed by atoms with Crippen LogP contribution in [0.1, 0.15) is 37.8 Å². The molecule has 8 heteroatoms. The van der Waals surface area contributed by atoms with Crippen LogP contribution in [0.4, 0.5) is 5.69 Å². The Hall–Kier alpha value is -3.94. The van der Waals surface area contributed by atoms with Crippen LogP contribution in [0, 0.1) is 10.1 Å². The minimum absolute atomic E-state index is 0.0819. The Morgan fingerprint density at radius 3 is 2.06 bits per heavy atom. The maximum atomic E-state index is 12.6. The van der Waals surface area contributed by atoms with Gasteiger partial charge in [0.1, 0.15) is 0 Å². The van der Waals surface area contributed by atoms with Crippen LogP contribution in [0.15, 0.2) is 77.1 Å². The summed E-state index contributed by atoms with van der Waals surface area (Å²) in [7, 11) is 1.62. The van der Waals surface area contributed by atoms with Crippen molar-refractivity contribution in [1.82, 2.24) is 4.90 Å². The number of aliphatic carboxylic acids is 2. The van der Waals surface area contributed by atoms with Crippen molar-refractivity contribution in [1.29, 1.82) is 0 Å². The Labute approximate surface area is 191 Å². The largest absolute Gasteiger partial charge is 0.478 e. The lowest BCUT2D eigenvalue weighted by molar-refractivity contribution is -0.385. The molecule has 0 unspecified atom stereocenters. The topological polar surface area (TPSA) is 121 Å². The van der Waals surface area contributed by atoms with E-state index < -0.39 is 22.3 Å². The van der Waals surface area contributed by atoms with Gasteiger partial charge in [-0.2, -0.15) is 0 Å². The molecule has 2 N–H and O–H groups in total. The zero-order chi connectivity index (χ0) is 24.3. The lowest BCUT2D eigenvalue weighted by atomic mass is 9.62. The third kappa shape index (κ3) is 4.24. The minimum atomic E-state index is -1.56. The van der Waals surface area contributed by atoms with Gasteiger partial charge in [-0.15, -0.1) is 0 Å². The van der Waals surface area contributed by atoms with Gasteiger partial charge in [0.25, 0.3) is 5.69 Å². The number of non-ortho nitro benzene ring substituents is 1. The number of aryl methyl sites for hydroxylation is 1. The summed E-state index contributed by atoms with van der Waals surface area (Å²) < 4.78 is 0. The van der Waals surface area contributed by atoms with Crippen molar-refractivity contribution < 1.29 is 24.7 Å². The molecule has 33 heavy (non-hydrogen) atoms. The van der Waals surface area contributed by atoms with Gasteiger partial charge in [0.15, 0.2) is 0 Å². The fourth-order valence-electron chi connectivity index (χ4n) is 4.77. The fraction of sp³-hybridized carbons (Fsp3) is 0.280. The number of carboxylic acids is 2. The van der Waals surface area contributed by atoms with Crippen LogP contribution >= 0.6 is 0 Å². The predicted octanol–water partition coefficient (Wildman–Crippen LogP) is 4.52. The Morgan fingerprint density at radius 2 is 1.55 bits per heavy atom. The molecule has 1 aliphatic rings. The van der Waals surface area contributed by atoms with Gasteiger partial charge in [0.05, 0.1) is 21.5 Å². The SMILES string of the molecule is CC1=C(C(=O)O)C(CCCc2ccccc2)(c2cccc([N+](=O)[O-])c2)C(C(=O)O)=C(C)N1C. The van der Waals surface area contributed by atoms with E-state index >= 15 is 0 Å². The Kier molecular flexibility index (Phi) is 6.67. The van der Waals surface area contributed by atoms with Crippen molar-refractivity contribution in [2.45, 2.75) is 38.5 Å². The van der Waals surface area contributed by atoms with Gasteiger partial charge in [0, 0.05) is 30.6 Å². The minimum Gasteiger partial charge on any atom is -0.478 e. The number of carboxylic acid groups (broad SMARTS) is 2. The zero-order valence-electron chi connectivity index (χ0n) is 18.7. The first-order valence-electron chi connectivity index (χ1n) is 10.5. The van der Waals surface area contributed by atoms with E-state index in [4.69, 9.17) is 0 Å². The average molecular weight is 450 g/mol. The van der Waals surface area contributed by atoms with Crippen LogP contribution in [-0.4, -0.2) is 39.0 Å². The van der Waals surface area contributed by atoms with Crippen molar-refractivity contribution in [2.75, 3.05) is 7.05 Å². The Morgan fingerprint density at radius 1 is 0.970 bits per heavy atom. The highest BCUT2D eigenvalue weighted by atomic mass is 16.6. The van der Waals surface area contributed by atoms with Crippen LogP contribution < -0.4 is 0 Å². The highest BCUT2D eigenvalue weighted by molar-refractivity contribution is 6.00. The number of allylic oxidation sites excluding steroid dienone is 2. The van der Waals surface area contributed by atoms with Crippen molar-refractivity contribution in [3.63, 3.8) is 0 Å². The quantitative estimate of drug-likeness (QED) is 0.448. The van der Waals surface area contributed by atoms with Crippen molar-refractivity contribution >= 4 is 17.6 Å². The predicted molar refractivity (Wildman–Crippen MR) is 123 cm³/mol. The molecule has 0 bridgehead atoms. The summed E-state index contributed by atoms with van der Waals surface area (Å²) >= 11 is 0. The maximum Gasteiger partial charge on any atom is 0.334 e. The number of carbonyl (C=O) groups is 2. The van der Waals surface area contributed by atoms with Gasteiger partial charge in [0.2, 0.25) is 0 Å². The molecule has 0 radical (unpaired) electrons. The first kappa shape index (κ1) is 23.7. The van der Waals surface area contributed by atoms with E-state index in [-0.39, 0.29) is 28.8 Å². The van der Waals surface area contributed by atoms with Crippen molar-refractivity contribution in [3.05, 3.63) is 98.4 Å². The molecular weight excluding hydrogens is 424 g/mol. The second kappa shape index (κ2) is 9.28. The summed E-state index contributed by atoms with van der Waals surface area (Å²) in [5.41, 5.74) is 0.175. The number of nitro benzene ring substituents is 1. The van der Waals surface area contributed by atoms with E-state index in [2.05, 4.69) is 0 Å². The summed E-state index contributed by atoms with van der Waals surface area (Å²) in [5, 5.41) is 32.0. The zero-order valence-corrected chi connectivity index (χ0v) is 18.7. The normalized spacial score (nSPS) is 15.5. The number of hydrogen-bond donors (Lipinski definition) is 2. The monoisotopic (exact) mass is 450 g/mol. The number of hydrogen-bond acceptors (Lipinski definition) is 5. The molecule has 172 valence electrons. The molecule has 0 atom stereocenters. The number of benzene rings is 2. The van der Waals surface area contributed by atoms with Crippen LogP contribution in [-0.2, 0) is 21.4 Å². The van der Waals surface area contributed by atoms with Gasteiger partial charge >= 0.3 is 11.9 Å². The maximum absolute atomic E-state index is 12.6. The van der Waals surface area contributed by atoms with Gasteiger partial charge in [-0.1, -0.05) is 42.5 Å². The first-order valence-corrected chi connectivity index (χ1v) is 10.5. The second-order valence-electron chi connectivity index (χ2n) is 8.14. The number of nitro groups is 1. The van der Waals surface area contributed by atoms with Gasteiger partial charge in [-0.25, -0.2) is 9.59 Å². The molecule has 8 nitrogen and oxygen atoms in total. The van der Waals surface area contributed by atoms with Crippen LogP contribution in [0.5, 0.6) is 0 Å². The molecule has 0 aliphatic carbocycles. The molecule has 0 aromatic heterocycles. The van der Waals surface area contributed by atoms with Crippen LogP contribution in [0.3, 0.4) is 0 Å². The first-order chi connectivity index (χ1) is 15.6. The van der Waals surface area contributed by atoms with Gasteiger partial charge in [-0.05, 0) is 44.2 Å². The highest BCUT2D eigenvalue weighted by Crippen LogP contribution is 2.50. The molecule has 3 rings (SSSR count). The molecule has 2 aromatic carbocycles. The van der Waals surface area contributed by atoms with Crippen LogP contribution in [0.25, 0.3) is 0 Å². The Bertz CT molecular complexity index is 1130. The smallest absolute Gasteiger partial charge is 0.334 e. The van der Waals surface area contributed by atoms with E-state index in [1.54, 1.807) is 31.9 Å². The van der Waals surface area contributed by atoms with E-state index in [0.717, 1.165) is 5.56 Å². The van der Waals surface area contributed by atoms with E-state index in [0.29, 0.717) is 24.2 Å². The second-order valence-corrected chi connectivity index (χ2v) is 8.14. The van der Waals surface area contributed by atoms with Gasteiger partial charge in [-0.3, -0.25) is 10.1 Å². The molecule has 0 saturated carbocycles. The van der Waals surface area contributed by atoms with E-state index in [9.17, 15) is 29.9 Å². The van der Waals surface area contributed by atoms with E-state index in [1.165, 1.54) is 18.2 Å². The molecule has 0 fully saturated rings. The van der Waals surface area contributed by atoms with Gasteiger partial charge < -0.3 is 15.1 Å². The average Bonchev–Trinajstić information content (AvgIpc) is 2.77. The number of rotatable bonds is 8.